The maximum atomic E-state index is 8.95. The zero-order valence-electron chi connectivity index (χ0n) is 8.08. The summed E-state index contributed by atoms with van der Waals surface area (Å²) >= 11 is 0. The monoisotopic (exact) mass is 178 g/mol. The minimum atomic E-state index is 0.420. The second-order valence-corrected chi connectivity index (χ2v) is 5.60. The Balaban J connectivity index is 1.91. The Morgan fingerprint density at radius 2 is 1.38 bits per heavy atom. The van der Waals surface area contributed by atoms with Crippen LogP contribution in [0.5, 0.6) is 0 Å². The third kappa shape index (κ3) is 1.13. The van der Waals surface area contributed by atoms with E-state index in [2.05, 4.69) is 6.08 Å². The summed E-state index contributed by atoms with van der Waals surface area (Å²) in [4.78, 5) is 0. The van der Waals surface area contributed by atoms with Gasteiger partial charge in [0, 0.05) is 0 Å². The Labute approximate surface area is 79.8 Å². The average Bonchev–Trinajstić information content (AvgIpc) is 2.00. The minimum Gasteiger partial charge on any atom is -0.516 e. The van der Waals surface area contributed by atoms with Crippen molar-refractivity contribution in [2.24, 2.45) is 23.2 Å². The first-order chi connectivity index (χ1) is 6.30. The van der Waals surface area contributed by atoms with Gasteiger partial charge in [0.05, 0.1) is 6.26 Å². The van der Waals surface area contributed by atoms with Gasteiger partial charge in [-0.15, -0.1) is 0 Å². The Bertz CT molecular complexity index is 206. The fraction of sp³-hybridized carbons (Fsp3) is 0.833. The van der Waals surface area contributed by atoms with Crippen LogP contribution in [0.25, 0.3) is 0 Å². The predicted molar refractivity (Wildman–Crippen MR) is 52.4 cm³/mol. The lowest BCUT2D eigenvalue weighted by atomic mass is 9.50. The Morgan fingerprint density at radius 3 is 1.77 bits per heavy atom. The zero-order valence-corrected chi connectivity index (χ0v) is 8.08. The molecule has 4 bridgehead atoms. The van der Waals surface area contributed by atoms with Crippen LogP contribution in [0.1, 0.15) is 38.5 Å². The molecule has 4 rings (SSSR count). The van der Waals surface area contributed by atoms with Crippen molar-refractivity contribution >= 4 is 0 Å². The second kappa shape index (κ2) is 2.52. The number of hydrogen-bond donors (Lipinski definition) is 1. The number of rotatable bonds is 1. The lowest BCUT2D eigenvalue weighted by Crippen LogP contribution is -2.44. The van der Waals surface area contributed by atoms with Crippen molar-refractivity contribution in [3.05, 3.63) is 12.3 Å². The van der Waals surface area contributed by atoms with Gasteiger partial charge >= 0.3 is 0 Å². The van der Waals surface area contributed by atoms with Crippen LogP contribution < -0.4 is 0 Å². The molecule has 4 saturated carbocycles. The lowest BCUT2D eigenvalue weighted by molar-refractivity contribution is -0.0245. The van der Waals surface area contributed by atoms with E-state index >= 15 is 0 Å². The van der Waals surface area contributed by atoms with Gasteiger partial charge in [0.1, 0.15) is 0 Å². The molecule has 0 radical (unpaired) electrons. The molecule has 0 saturated heterocycles. The van der Waals surface area contributed by atoms with Crippen LogP contribution >= 0.6 is 0 Å². The van der Waals surface area contributed by atoms with E-state index in [1.54, 1.807) is 0 Å². The quantitative estimate of drug-likeness (QED) is 0.611. The smallest absolute Gasteiger partial charge is 0.0757 e. The molecule has 4 aliphatic carbocycles. The highest BCUT2D eigenvalue weighted by molar-refractivity contribution is 5.09. The first kappa shape index (κ1) is 7.90. The molecule has 1 heteroatoms. The first-order valence-corrected chi connectivity index (χ1v) is 5.62. The molecule has 0 spiro atoms. The molecule has 0 unspecified atom stereocenters. The van der Waals surface area contributed by atoms with E-state index in [0.29, 0.717) is 5.41 Å². The molecular formula is C12H18O. The number of aliphatic hydroxyl groups is 1. The van der Waals surface area contributed by atoms with Gasteiger partial charge < -0.3 is 5.11 Å². The molecule has 0 atom stereocenters. The van der Waals surface area contributed by atoms with E-state index in [4.69, 9.17) is 5.11 Å². The molecule has 0 aromatic heterocycles. The van der Waals surface area contributed by atoms with Gasteiger partial charge in [-0.2, -0.15) is 0 Å². The largest absolute Gasteiger partial charge is 0.516 e. The third-order valence-corrected chi connectivity index (χ3v) is 4.51. The molecule has 72 valence electrons. The van der Waals surface area contributed by atoms with Crippen LogP contribution in [0.2, 0.25) is 0 Å². The third-order valence-electron chi connectivity index (χ3n) is 4.51. The summed E-state index contributed by atoms with van der Waals surface area (Å²) in [6.45, 7) is 0. The van der Waals surface area contributed by atoms with Gasteiger partial charge in [0.15, 0.2) is 0 Å². The summed E-state index contributed by atoms with van der Waals surface area (Å²) < 4.78 is 0. The number of allylic oxidation sites excluding steroid dienone is 1. The molecule has 13 heavy (non-hydrogen) atoms. The Kier molecular flexibility index (Phi) is 1.53. The second-order valence-electron chi connectivity index (χ2n) is 5.60. The highest BCUT2D eigenvalue weighted by Crippen LogP contribution is 2.60. The Morgan fingerprint density at radius 1 is 0.923 bits per heavy atom. The van der Waals surface area contributed by atoms with Gasteiger partial charge in [0.25, 0.3) is 0 Å². The fourth-order valence-corrected chi connectivity index (χ4v) is 4.54. The molecule has 0 aromatic rings. The molecule has 0 amide bonds. The van der Waals surface area contributed by atoms with E-state index in [-0.39, 0.29) is 0 Å². The molecule has 1 N–H and O–H groups in total. The normalized spacial score (nSPS) is 53.4. The minimum absolute atomic E-state index is 0.420. The summed E-state index contributed by atoms with van der Waals surface area (Å²) in [6, 6.07) is 0. The number of aliphatic hydroxyl groups excluding tert-OH is 1. The highest BCUT2D eigenvalue weighted by atomic mass is 16.2. The molecule has 4 aliphatic rings. The molecule has 0 aliphatic heterocycles. The van der Waals surface area contributed by atoms with E-state index in [9.17, 15) is 0 Å². The molecule has 1 nitrogen and oxygen atoms in total. The van der Waals surface area contributed by atoms with Crippen molar-refractivity contribution in [3.8, 4) is 0 Å². The molecule has 0 heterocycles. The summed E-state index contributed by atoms with van der Waals surface area (Å²) in [6.07, 6.45) is 11.9. The summed E-state index contributed by atoms with van der Waals surface area (Å²) in [5.74, 6) is 2.97. The van der Waals surface area contributed by atoms with Gasteiger partial charge in [0.2, 0.25) is 0 Å². The van der Waals surface area contributed by atoms with Crippen molar-refractivity contribution in [2.75, 3.05) is 0 Å². The Hall–Kier alpha value is -0.460. The van der Waals surface area contributed by atoms with Crippen molar-refractivity contribution < 1.29 is 5.11 Å². The van der Waals surface area contributed by atoms with Crippen LogP contribution in [0.3, 0.4) is 0 Å². The van der Waals surface area contributed by atoms with Gasteiger partial charge in [-0.3, -0.25) is 0 Å². The van der Waals surface area contributed by atoms with Crippen LogP contribution in [0.15, 0.2) is 12.3 Å². The molecule has 4 fully saturated rings. The van der Waals surface area contributed by atoms with E-state index < -0.39 is 0 Å². The summed E-state index contributed by atoms with van der Waals surface area (Å²) in [5, 5.41) is 8.95. The lowest BCUT2D eigenvalue weighted by Gasteiger charge is -2.55. The van der Waals surface area contributed by atoms with E-state index in [1.807, 2.05) is 0 Å². The van der Waals surface area contributed by atoms with Crippen molar-refractivity contribution in [1.82, 2.24) is 0 Å². The van der Waals surface area contributed by atoms with Gasteiger partial charge in [-0.25, -0.2) is 0 Å². The van der Waals surface area contributed by atoms with Crippen molar-refractivity contribution in [1.29, 1.82) is 0 Å². The molecule has 0 aromatic carbocycles. The fourth-order valence-electron chi connectivity index (χ4n) is 4.54. The van der Waals surface area contributed by atoms with Crippen LogP contribution in [0.4, 0.5) is 0 Å². The summed E-state index contributed by atoms with van der Waals surface area (Å²) in [5.41, 5.74) is 0.420. The standard InChI is InChI=1S/C12H18O/c13-2-1-12-6-9-3-10(7-12)5-11(4-9)8-12/h1-2,9-11,13H,3-8H2. The topological polar surface area (TPSA) is 20.2 Å². The van der Waals surface area contributed by atoms with Crippen molar-refractivity contribution in [3.63, 3.8) is 0 Å². The molecular weight excluding hydrogens is 160 g/mol. The van der Waals surface area contributed by atoms with Crippen LogP contribution in [0, 0.1) is 23.2 Å². The van der Waals surface area contributed by atoms with E-state index in [0.717, 1.165) is 17.8 Å². The highest BCUT2D eigenvalue weighted by Gasteiger charge is 2.49. The predicted octanol–water partition coefficient (Wildman–Crippen LogP) is 3.27. The number of hydrogen-bond acceptors (Lipinski definition) is 1. The SMILES string of the molecule is OC=CC12CC3CC(CC(C3)C1)C2. The van der Waals surface area contributed by atoms with E-state index in [1.165, 1.54) is 44.8 Å². The maximum absolute atomic E-state index is 8.95. The van der Waals surface area contributed by atoms with Crippen LogP contribution in [-0.4, -0.2) is 5.11 Å². The van der Waals surface area contributed by atoms with Gasteiger partial charge in [-0.05, 0) is 67.8 Å². The maximum Gasteiger partial charge on any atom is 0.0757 e. The van der Waals surface area contributed by atoms with Crippen LogP contribution in [-0.2, 0) is 0 Å². The summed E-state index contributed by atoms with van der Waals surface area (Å²) in [7, 11) is 0. The average molecular weight is 178 g/mol. The zero-order chi connectivity index (χ0) is 8.89. The van der Waals surface area contributed by atoms with Crippen molar-refractivity contribution in [2.45, 2.75) is 38.5 Å². The first-order valence-electron chi connectivity index (χ1n) is 5.62. The van der Waals surface area contributed by atoms with Gasteiger partial charge in [-0.1, -0.05) is 0 Å².